The first-order chi connectivity index (χ1) is 9.36. The van der Waals surface area contributed by atoms with Gasteiger partial charge in [0.25, 0.3) is 0 Å². The summed E-state index contributed by atoms with van der Waals surface area (Å²) in [4.78, 5) is 4.47. The van der Waals surface area contributed by atoms with Gasteiger partial charge in [-0.3, -0.25) is 16.3 Å². The number of fused-ring (bicyclic) bond motifs is 1. The summed E-state index contributed by atoms with van der Waals surface area (Å²) in [5.74, 6) is 5.70. The lowest BCUT2D eigenvalue weighted by atomic mass is 10.0. The minimum absolute atomic E-state index is 0.0846. The van der Waals surface area contributed by atoms with Crippen molar-refractivity contribution in [2.24, 2.45) is 5.84 Å². The van der Waals surface area contributed by atoms with Gasteiger partial charge in [-0.25, -0.2) is 0 Å². The van der Waals surface area contributed by atoms with E-state index in [-0.39, 0.29) is 6.04 Å². The van der Waals surface area contributed by atoms with E-state index >= 15 is 0 Å². The van der Waals surface area contributed by atoms with E-state index in [9.17, 15) is 0 Å². The van der Waals surface area contributed by atoms with Crippen molar-refractivity contribution in [3.63, 3.8) is 0 Å². The van der Waals surface area contributed by atoms with Gasteiger partial charge in [0.1, 0.15) is 0 Å². The van der Waals surface area contributed by atoms with E-state index in [0.717, 1.165) is 17.5 Å². The minimum atomic E-state index is 0.0846. The van der Waals surface area contributed by atoms with E-state index in [1.54, 1.807) is 11.3 Å². The lowest BCUT2D eigenvalue weighted by molar-refractivity contribution is 0.551. The first-order valence-corrected chi connectivity index (χ1v) is 7.08. The van der Waals surface area contributed by atoms with Crippen LogP contribution in [-0.4, -0.2) is 4.98 Å². The van der Waals surface area contributed by atoms with Crippen LogP contribution in [0.3, 0.4) is 0 Å². The maximum absolute atomic E-state index is 5.70. The first-order valence-electron chi connectivity index (χ1n) is 6.20. The summed E-state index contributed by atoms with van der Waals surface area (Å²) in [5.41, 5.74) is 6.32. The van der Waals surface area contributed by atoms with Crippen molar-refractivity contribution in [1.29, 1.82) is 0 Å². The second-order valence-corrected chi connectivity index (χ2v) is 5.43. The van der Waals surface area contributed by atoms with Gasteiger partial charge >= 0.3 is 0 Å². The van der Waals surface area contributed by atoms with Crippen LogP contribution in [0.25, 0.3) is 10.2 Å². The average molecular weight is 269 g/mol. The van der Waals surface area contributed by atoms with E-state index in [1.165, 1.54) is 10.3 Å². The van der Waals surface area contributed by atoms with Crippen LogP contribution in [-0.2, 0) is 6.42 Å². The van der Waals surface area contributed by atoms with Crippen molar-refractivity contribution >= 4 is 21.6 Å². The lowest BCUT2D eigenvalue weighted by Crippen LogP contribution is -2.29. The molecule has 2 aromatic heterocycles. The van der Waals surface area contributed by atoms with Crippen LogP contribution in [0.4, 0.5) is 0 Å². The van der Waals surface area contributed by atoms with Crippen LogP contribution in [0.1, 0.15) is 17.2 Å². The Balaban J connectivity index is 1.88. The summed E-state index contributed by atoms with van der Waals surface area (Å²) < 4.78 is 1.20. The number of nitrogens with zero attached hydrogens (tertiary/aromatic N) is 1. The smallest absolute Gasteiger partial charge is 0.0809 e. The average Bonchev–Trinajstić information content (AvgIpc) is 2.93. The van der Waals surface area contributed by atoms with Crippen molar-refractivity contribution in [1.82, 2.24) is 10.4 Å². The summed E-state index contributed by atoms with van der Waals surface area (Å²) in [5, 5.41) is 2.06. The molecule has 0 spiro atoms. The molecule has 3 rings (SSSR count). The van der Waals surface area contributed by atoms with Crippen molar-refractivity contribution in [3.05, 3.63) is 65.2 Å². The molecule has 1 unspecified atom stereocenters. The Labute approximate surface area is 116 Å². The molecule has 0 aliphatic rings. The van der Waals surface area contributed by atoms with Crippen molar-refractivity contribution in [2.45, 2.75) is 12.5 Å². The van der Waals surface area contributed by atoms with Crippen LogP contribution in [0.15, 0.2) is 54.0 Å². The highest BCUT2D eigenvalue weighted by Crippen LogP contribution is 2.24. The highest BCUT2D eigenvalue weighted by molar-refractivity contribution is 7.17. The number of pyridine rings is 1. The van der Waals surface area contributed by atoms with Gasteiger partial charge in [0, 0.05) is 6.20 Å². The fourth-order valence-electron chi connectivity index (χ4n) is 2.17. The Hall–Kier alpha value is -1.75. The predicted molar refractivity (Wildman–Crippen MR) is 79.8 cm³/mol. The molecule has 0 fully saturated rings. The second-order valence-electron chi connectivity index (χ2n) is 4.48. The molecule has 3 N–H and O–H groups in total. The number of nitrogens with one attached hydrogen (secondary N) is 1. The number of thiophene rings is 1. The third kappa shape index (κ3) is 2.66. The summed E-state index contributed by atoms with van der Waals surface area (Å²) in [6.07, 6.45) is 2.76. The summed E-state index contributed by atoms with van der Waals surface area (Å²) in [6.45, 7) is 0. The molecule has 0 saturated heterocycles. The molecule has 3 aromatic rings. The van der Waals surface area contributed by atoms with E-state index in [1.807, 2.05) is 30.5 Å². The number of hydrazine groups is 1. The maximum atomic E-state index is 5.70. The highest BCUT2D eigenvalue weighted by atomic mass is 32.1. The van der Waals surface area contributed by atoms with E-state index in [0.29, 0.717) is 0 Å². The molecular formula is C15H15N3S. The largest absolute Gasteiger partial charge is 0.271 e. The fourth-order valence-corrected chi connectivity index (χ4v) is 2.96. The molecule has 96 valence electrons. The van der Waals surface area contributed by atoms with E-state index < -0.39 is 0 Å². The van der Waals surface area contributed by atoms with Gasteiger partial charge in [-0.2, -0.15) is 0 Å². The first kappa shape index (κ1) is 12.3. The minimum Gasteiger partial charge on any atom is -0.271 e. The molecule has 0 bridgehead atoms. The van der Waals surface area contributed by atoms with E-state index in [2.05, 4.69) is 34.0 Å². The Morgan fingerprint density at radius 2 is 2.05 bits per heavy atom. The van der Waals surface area contributed by atoms with Gasteiger partial charge in [-0.15, -0.1) is 11.3 Å². The quantitative estimate of drug-likeness (QED) is 0.565. The van der Waals surface area contributed by atoms with Crippen LogP contribution in [0.2, 0.25) is 0 Å². The summed E-state index contributed by atoms with van der Waals surface area (Å²) in [7, 11) is 0. The number of hydrogen-bond acceptors (Lipinski definition) is 4. The Morgan fingerprint density at radius 1 is 1.21 bits per heavy atom. The number of nitrogens with two attached hydrogens (primary N) is 1. The number of aromatic nitrogens is 1. The second kappa shape index (κ2) is 5.48. The fraction of sp³-hybridized carbons (Fsp3) is 0.133. The molecule has 0 aliphatic heterocycles. The van der Waals surface area contributed by atoms with Gasteiger partial charge in [-0.05, 0) is 35.1 Å². The Bertz CT molecular complexity index is 663. The number of benzene rings is 1. The number of hydrogen-bond donors (Lipinski definition) is 2. The van der Waals surface area contributed by atoms with E-state index in [4.69, 9.17) is 5.84 Å². The van der Waals surface area contributed by atoms with Crippen molar-refractivity contribution in [3.8, 4) is 0 Å². The molecule has 1 atom stereocenters. The normalized spacial score (nSPS) is 12.7. The van der Waals surface area contributed by atoms with Gasteiger partial charge in [0.2, 0.25) is 0 Å². The van der Waals surface area contributed by atoms with Crippen LogP contribution < -0.4 is 11.3 Å². The monoisotopic (exact) mass is 269 g/mol. The molecule has 0 radical (unpaired) electrons. The highest BCUT2D eigenvalue weighted by Gasteiger charge is 2.12. The molecule has 2 heterocycles. The Morgan fingerprint density at radius 3 is 2.84 bits per heavy atom. The van der Waals surface area contributed by atoms with Gasteiger partial charge in [0.05, 0.1) is 16.3 Å². The SMILES string of the molecule is NNC(Cc1ccccc1)c1cnc2ccsc2c1. The molecule has 0 saturated carbocycles. The standard InChI is InChI=1S/C15H15N3S/c16-18-14(8-11-4-2-1-3-5-11)12-9-15-13(17-10-12)6-7-19-15/h1-7,9-10,14,18H,8,16H2. The maximum Gasteiger partial charge on any atom is 0.0809 e. The van der Waals surface area contributed by atoms with Crippen molar-refractivity contribution < 1.29 is 0 Å². The predicted octanol–water partition coefficient (Wildman–Crippen LogP) is 3.04. The molecule has 4 heteroatoms. The third-order valence-electron chi connectivity index (χ3n) is 3.21. The zero-order valence-corrected chi connectivity index (χ0v) is 11.2. The van der Waals surface area contributed by atoms with Gasteiger partial charge in [0.15, 0.2) is 0 Å². The molecule has 0 aliphatic carbocycles. The molecular weight excluding hydrogens is 254 g/mol. The third-order valence-corrected chi connectivity index (χ3v) is 4.06. The topological polar surface area (TPSA) is 50.9 Å². The zero-order valence-electron chi connectivity index (χ0n) is 10.4. The van der Waals surface area contributed by atoms with Crippen molar-refractivity contribution in [2.75, 3.05) is 0 Å². The summed E-state index contributed by atoms with van der Waals surface area (Å²) in [6, 6.07) is 14.6. The van der Waals surface area contributed by atoms with Crippen LogP contribution in [0, 0.1) is 0 Å². The lowest BCUT2D eigenvalue weighted by Gasteiger charge is -2.16. The zero-order chi connectivity index (χ0) is 13.1. The van der Waals surface area contributed by atoms with Crippen LogP contribution >= 0.6 is 11.3 Å². The van der Waals surface area contributed by atoms with Crippen LogP contribution in [0.5, 0.6) is 0 Å². The summed E-state index contributed by atoms with van der Waals surface area (Å²) >= 11 is 1.70. The number of rotatable bonds is 4. The molecule has 19 heavy (non-hydrogen) atoms. The Kier molecular flexibility index (Phi) is 3.55. The molecule has 1 aromatic carbocycles. The molecule has 3 nitrogen and oxygen atoms in total. The van der Waals surface area contributed by atoms with Gasteiger partial charge < -0.3 is 0 Å². The van der Waals surface area contributed by atoms with Gasteiger partial charge in [-0.1, -0.05) is 30.3 Å². The molecule has 0 amide bonds.